The average molecular weight is 709 g/mol. The lowest BCUT2D eigenvalue weighted by Crippen LogP contribution is -2.56. The Morgan fingerprint density at radius 3 is 2.15 bits per heavy atom. The van der Waals surface area contributed by atoms with Gasteiger partial charge >= 0.3 is 5.97 Å². The largest absolute Gasteiger partial charge is 0.497 e. The molecule has 0 saturated carbocycles. The molecule has 1 unspecified atom stereocenters. The number of esters is 1. The molecule has 0 spiro atoms. The number of ether oxygens (including phenoxy) is 5. The summed E-state index contributed by atoms with van der Waals surface area (Å²) in [6, 6.07) is 7.94. The summed E-state index contributed by atoms with van der Waals surface area (Å²) in [5, 5.41) is 0.00887. The molecule has 2 aliphatic rings. The van der Waals surface area contributed by atoms with Crippen molar-refractivity contribution in [1.29, 1.82) is 0 Å². The van der Waals surface area contributed by atoms with Crippen LogP contribution < -0.4 is 4.74 Å². The molecule has 2 fully saturated rings. The van der Waals surface area contributed by atoms with Crippen molar-refractivity contribution in [3.8, 4) is 5.75 Å². The molecule has 2 saturated heterocycles. The topological polar surface area (TPSA) is 98.8 Å². The second-order valence-corrected chi connectivity index (χ2v) is 26.5. The highest BCUT2D eigenvalue weighted by Crippen LogP contribution is 2.47. The maximum absolute atomic E-state index is 12.0. The summed E-state index contributed by atoms with van der Waals surface area (Å²) >= 11 is 0. The Hall–Kier alpha value is -1.61. The SMILES string of the molecule is COc1ccc(CO[C@H]2C[C@](C)([C@@H](O[Si](C)(C)C(C)(C)C)[C@@H]3CC[C@H](C(CCC=O)OC(C)=O)O3)O[C@@H]2CO[Si](C)(C)C(C)(C)C)cc1. The molecular formula is C37H64O9Si2. The molecule has 3 rings (SSSR count). The molecule has 9 nitrogen and oxygen atoms in total. The summed E-state index contributed by atoms with van der Waals surface area (Å²) in [6.45, 7) is 26.9. The van der Waals surface area contributed by atoms with Crippen molar-refractivity contribution < 1.29 is 42.1 Å². The van der Waals surface area contributed by atoms with E-state index in [1.54, 1.807) is 7.11 Å². The summed E-state index contributed by atoms with van der Waals surface area (Å²) in [4.78, 5) is 23.2. The van der Waals surface area contributed by atoms with Gasteiger partial charge in [-0.3, -0.25) is 4.79 Å². The van der Waals surface area contributed by atoms with Gasteiger partial charge in [0.2, 0.25) is 0 Å². The Bertz CT molecular complexity index is 1190. The van der Waals surface area contributed by atoms with Gasteiger partial charge < -0.3 is 37.3 Å². The van der Waals surface area contributed by atoms with E-state index in [1.807, 2.05) is 24.3 Å². The summed E-state index contributed by atoms with van der Waals surface area (Å²) in [6.07, 6.45) is 1.60. The molecule has 11 heteroatoms. The monoisotopic (exact) mass is 708 g/mol. The second kappa shape index (κ2) is 16.2. The highest BCUT2D eigenvalue weighted by Gasteiger charge is 2.56. The van der Waals surface area contributed by atoms with Crippen LogP contribution in [0, 0.1) is 0 Å². The molecule has 0 amide bonds. The number of carbonyl (C=O) groups excluding carboxylic acids is 2. The third-order valence-corrected chi connectivity index (χ3v) is 20.0. The van der Waals surface area contributed by atoms with Crippen LogP contribution in [0.15, 0.2) is 24.3 Å². The van der Waals surface area contributed by atoms with Gasteiger partial charge in [-0.2, -0.15) is 0 Å². The van der Waals surface area contributed by atoms with E-state index < -0.39 is 34.4 Å². The highest BCUT2D eigenvalue weighted by atomic mass is 28.4. The fourth-order valence-corrected chi connectivity index (χ4v) is 8.37. The smallest absolute Gasteiger partial charge is 0.302 e. The van der Waals surface area contributed by atoms with Crippen LogP contribution in [-0.4, -0.2) is 84.8 Å². The Morgan fingerprint density at radius 2 is 1.60 bits per heavy atom. The van der Waals surface area contributed by atoms with Crippen molar-refractivity contribution >= 4 is 28.9 Å². The zero-order valence-corrected chi connectivity index (χ0v) is 34.0. The van der Waals surface area contributed by atoms with Gasteiger partial charge in [-0.25, -0.2) is 0 Å². The number of hydrogen-bond acceptors (Lipinski definition) is 9. The number of benzene rings is 1. The first-order valence-corrected chi connectivity index (χ1v) is 23.4. The van der Waals surface area contributed by atoms with E-state index in [9.17, 15) is 9.59 Å². The van der Waals surface area contributed by atoms with Gasteiger partial charge in [0.1, 0.15) is 30.3 Å². The Kier molecular flexibility index (Phi) is 13.7. The molecule has 1 aromatic carbocycles. The van der Waals surface area contributed by atoms with Crippen molar-refractivity contribution in [3.05, 3.63) is 29.8 Å². The molecule has 2 aliphatic heterocycles. The molecular weight excluding hydrogens is 645 g/mol. The first-order valence-electron chi connectivity index (χ1n) is 17.6. The fourth-order valence-electron chi connectivity index (χ4n) is 5.96. The van der Waals surface area contributed by atoms with Crippen LogP contribution in [0.4, 0.5) is 0 Å². The van der Waals surface area contributed by atoms with Gasteiger partial charge in [0.25, 0.3) is 0 Å². The molecule has 1 aromatic rings. The Morgan fingerprint density at radius 1 is 1.00 bits per heavy atom. The fraction of sp³-hybridized carbons (Fsp3) is 0.784. The number of methoxy groups -OCH3 is 1. The Balaban J connectivity index is 1.94. The lowest BCUT2D eigenvalue weighted by Gasteiger charge is -2.46. The zero-order valence-electron chi connectivity index (χ0n) is 32.0. The normalized spacial score (nSPS) is 26.7. The summed E-state index contributed by atoms with van der Waals surface area (Å²) in [5.41, 5.74) is 0.317. The van der Waals surface area contributed by atoms with Crippen LogP contribution in [0.3, 0.4) is 0 Å². The minimum absolute atomic E-state index is 0.0441. The predicted molar refractivity (Wildman–Crippen MR) is 193 cm³/mol. The minimum atomic E-state index is -2.31. The number of hydrogen-bond donors (Lipinski definition) is 0. The number of aldehydes is 1. The number of carbonyl (C=O) groups is 2. The molecule has 0 aromatic heterocycles. The highest BCUT2D eigenvalue weighted by molar-refractivity contribution is 6.74. The molecule has 0 aliphatic carbocycles. The van der Waals surface area contributed by atoms with E-state index >= 15 is 0 Å². The van der Waals surface area contributed by atoms with Crippen molar-refractivity contribution in [2.45, 2.75) is 173 Å². The van der Waals surface area contributed by atoms with Crippen LogP contribution >= 0.6 is 0 Å². The molecule has 48 heavy (non-hydrogen) atoms. The van der Waals surface area contributed by atoms with E-state index in [0.717, 1.165) is 24.0 Å². The van der Waals surface area contributed by atoms with Crippen LogP contribution in [0.1, 0.15) is 93.1 Å². The lowest BCUT2D eigenvalue weighted by molar-refractivity contribution is -0.171. The third-order valence-electron chi connectivity index (χ3n) is 11.0. The van der Waals surface area contributed by atoms with Gasteiger partial charge in [-0.1, -0.05) is 53.7 Å². The maximum Gasteiger partial charge on any atom is 0.302 e. The summed E-state index contributed by atoms with van der Waals surface area (Å²) in [5.74, 6) is 0.429. The predicted octanol–water partition coefficient (Wildman–Crippen LogP) is 8.00. The lowest BCUT2D eigenvalue weighted by atomic mass is 9.89. The molecule has 2 heterocycles. The first kappa shape index (κ1) is 40.8. The average Bonchev–Trinajstić information content (AvgIpc) is 3.60. The van der Waals surface area contributed by atoms with Crippen molar-refractivity contribution in [2.75, 3.05) is 13.7 Å². The first-order chi connectivity index (χ1) is 22.1. The van der Waals surface area contributed by atoms with E-state index in [1.165, 1.54) is 6.92 Å². The van der Waals surface area contributed by atoms with Gasteiger partial charge in [0, 0.05) is 19.8 Å². The van der Waals surface area contributed by atoms with E-state index in [2.05, 4.69) is 74.7 Å². The quantitative estimate of drug-likeness (QED) is 0.0961. The molecule has 0 bridgehead atoms. The standard InChI is InChI=1S/C37H64O9Si2/c1-26(39)43-29(15-14-22-38)30-20-21-31(44-30)34(46-48(12,13)36(5,6)7)37(8)23-32(41-24-27-16-18-28(40-9)19-17-27)33(45-37)25-42-47(10,11)35(2,3)4/h16-19,22,29-34H,14-15,20-21,23-25H2,1-13H3/t29?,30-,31+,32+,33-,34+,37-/m1/s1. The van der Waals surface area contributed by atoms with Crippen molar-refractivity contribution in [1.82, 2.24) is 0 Å². The summed E-state index contributed by atoms with van der Waals surface area (Å²) in [7, 11) is -2.72. The van der Waals surface area contributed by atoms with Crippen LogP contribution in [0.25, 0.3) is 0 Å². The van der Waals surface area contributed by atoms with Gasteiger partial charge in [-0.05, 0) is 80.1 Å². The maximum atomic E-state index is 12.0. The van der Waals surface area contributed by atoms with E-state index in [0.29, 0.717) is 38.9 Å². The van der Waals surface area contributed by atoms with Crippen molar-refractivity contribution in [3.63, 3.8) is 0 Å². The van der Waals surface area contributed by atoms with Gasteiger partial charge in [0.15, 0.2) is 16.6 Å². The van der Waals surface area contributed by atoms with Crippen LogP contribution in [0.2, 0.25) is 36.3 Å². The second-order valence-electron chi connectivity index (χ2n) is 16.9. The number of rotatable bonds is 16. The Labute approximate surface area is 292 Å². The van der Waals surface area contributed by atoms with E-state index in [-0.39, 0.29) is 40.5 Å². The molecule has 0 radical (unpaired) electrons. The summed E-state index contributed by atoms with van der Waals surface area (Å²) < 4.78 is 45.5. The molecule has 274 valence electrons. The van der Waals surface area contributed by atoms with Crippen LogP contribution in [-0.2, 0) is 44.0 Å². The molecule has 0 N–H and O–H groups in total. The third kappa shape index (κ3) is 10.5. The van der Waals surface area contributed by atoms with Crippen LogP contribution in [0.5, 0.6) is 5.75 Å². The zero-order chi connectivity index (χ0) is 36.1. The van der Waals surface area contributed by atoms with Crippen molar-refractivity contribution in [2.24, 2.45) is 0 Å². The van der Waals surface area contributed by atoms with Gasteiger partial charge in [-0.15, -0.1) is 0 Å². The molecule has 7 atom stereocenters. The van der Waals surface area contributed by atoms with Gasteiger partial charge in [0.05, 0.1) is 44.2 Å². The minimum Gasteiger partial charge on any atom is -0.497 e. The van der Waals surface area contributed by atoms with E-state index in [4.69, 9.17) is 32.5 Å².